The van der Waals surface area contributed by atoms with E-state index < -0.39 is 5.41 Å². The molecule has 1 rings (SSSR count). The topological polar surface area (TPSA) is 52.9 Å². The number of carbonyl (C=O) groups is 1. The second kappa shape index (κ2) is 8.46. The third-order valence-electron chi connectivity index (χ3n) is 3.76. The van der Waals surface area contributed by atoms with Crippen LogP contribution < -0.4 is 5.32 Å². The molecule has 0 aliphatic heterocycles. The number of nitrogens with zero attached hydrogens (tertiary/aromatic N) is 1. The molecule has 0 aliphatic carbocycles. The normalized spacial score (nSPS) is 12.5. The summed E-state index contributed by atoms with van der Waals surface area (Å²) in [5.41, 5.74) is 0.327. The Morgan fingerprint density at radius 1 is 1.24 bits per heavy atom. The van der Waals surface area contributed by atoms with Crippen LogP contribution >= 0.6 is 0 Å². The van der Waals surface area contributed by atoms with Gasteiger partial charge in [0, 0.05) is 6.04 Å². The molecule has 1 aromatic carbocycles. The van der Waals surface area contributed by atoms with Crippen molar-refractivity contribution >= 4 is 5.91 Å². The van der Waals surface area contributed by atoms with Crippen LogP contribution in [0.15, 0.2) is 30.3 Å². The SMILES string of the molecule is CCCC(C#N)(CCC)C(=O)NC(C)Cc1ccccc1. The van der Waals surface area contributed by atoms with E-state index in [-0.39, 0.29) is 11.9 Å². The van der Waals surface area contributed by atoms with Crippen LogP contribution in [0.2, 0.25) is 0 Å². The monoisotopic (exact) mass is 286 g/mol. The van der Waals surface area contributed by atoms with Crippen molar-refractivity contribution in [2.24, 2.45) is 5.41 Å². The summed E-state index contributed by atoms with van der Waals surface area (Å²) in [5.74, 6) is -0.114. The summed E-state index contributed by atoms with van der Waals surface area (Å²) in [6.45, 7) is 6.02. The van der Waals surface area contributed by atoms with Crippen molar-refractivity contribution in [1.29, 1.82) is 5.26 Å². The quantitative estimate of drug-likeness (QED) is 0.789. The van der Waals surface area contributed by atoms with E-state index >= 15 is 0 Å². The Morgan fingerprint density at radius 2 is 1.81 bits per heavy atom. The molecule has 0 bridgehead atoms. The van der Waals surface area contributed by atoms with Gasteiger partial charge in [-0.05, 0) is 31.7 Å². The lowest BCUT2D eigenvalue weighted by Crippen LogP contribution is -2.44. The summed E-state index contributed by atoms with van der Waals surface area (Å²) in [6, 6.07) is 12.4. The van der Waals surface area contributed by atoms with Crippen LogP contribution in [0.5, 0.6) is 0 Å². The molecule has 21 heavy (non-hydrogen) atoms. The molecule has 0 saturated carbocycles. The number of amides is 1. The first-order valence-corrected chi connectivity index (χ1v) is 7.84. The Labute approximate surface area is 128 Å². The van der Waals surface area contributed by atoms with Gasteiger partial charge in [-0.25, -0.2) is 0 Å². The molecule has 1 atom stereocenters. The van der Waals surface area contributed by atoms with Crippen molar-refractivity contribution in [3.05, 3.63) is 35.9 Å². The first-order valence-electron chi connectivity index (χ1n) is 7.84. The fourth-order valence-electron chi connectivity index (χ4n) is 2.75. The van der Waals surface area contributed by atoms with Crippen LogP contribution in [0.1, 0.15) is 52.0 Å². The molecule has 1 N–H and O–H groups in total. The van der Waals surface area contributed by atoms with Crippen LogP contribution in [-0.4, -0.2) is 11.9 Å². The maximum absolute atomic E-state index is 12.5. The van der Waals surface area contributed by atoms with Crippen LogP contribution in [0.4, 0.5) is 0 Å². The van der Waals surface area contributed by atoms with Gasteiger partial charge < -0.3 is 5.32 Å². The molecular weight excluding hydrogens is 260 g/mol. The van der Waals surface area contributed by atoms with Gasteiger partial charge in [-0.2, -0.15) is 5.26 Å². The van der Waals surface area contributed by atoms with Crippen molar-refractivity contribution < 1.29 is 4.79 Å². The Balaban J connectivity index is 2.70. The summed E-state index contributed by atoms with van der Waals surface area (Å²) < 4.78 is 0. The average molecular weight is 286 g/mol. The van der Waals surface area contributed by atoms with E-state index in [1.165, 1.54) is 5.56 Å². The number of nitrogens with one attached hydrogen (secondary N) is 1. The summed E-state index contributed by atoms with van der Waals surface area (Å²) in [4.78, 5) is 12.5. The van der Waals surface area contributed by atoms with Crippen molar-refractivity contribution in [2.75, 3.05) is 0 Å². The minimum atomic E-state index is -0.867. The number of carbonyl (C=O) groups excluding carboxylic acids is 1. The number of hydrogen-bond donors (Lipinski definition) is 1. The van der Waals surface area contributed by atoms with E-state index in [1.54, 1.807) is 0 Å². The number of benzene rings is 1. The number of hydrogen-bond acceptors (Lipinski definition) is 2. The van der Waals surface area contributed by atoms with Gasteiger partial charge in [-0.3, -0.25) is 4.79 Å². The molecule has 0 heterocycles. The fraction of sp³-hybridized carbons (Fsp3) is 0.556. The lowest BCUT2D eigenvalue weighted by atomic mass is 9.79. The van der Waals surface area contributed by atoms with E-state index in [1.807, 2.05) is 39.0 Å². The third kappa shape index (κ3) is 4.90. The van der Waals surface area contributed by atoms with E-state index in [9.17, 15) is 10.1 Å². The first kappa shape index (κ1) is 17.2. The predicted molar refractivity (Wildman–Crippen MR) is 85.6 cm³/mol. The van der Waals surface area contributed by atoms with Gasteiger partial charge in [0.25, 0.3) is 0 Å². The van der Waals surface area contributed by atoms with Crippen LogP contribution in [0, 0.1) is 16.7 Å². The highest BCUT2D eigenvalue weighted by Crippen LogP contribution is 2.29. The lowest BCUT2D eigenvalue weighted by Gasteiger charge is -2.26. The number of nitriles is 1. The van der Waals surface area contributed by atoms with Crippen LogP contribution in [0.25, 0.3) is 0 Å². The molecule has 114 valence electrons. The van der Waals surface area contributed by atoms with Crippen LogP contribution in [0.3, 0.4) is 0 Å². The molecule has 1 aromatic rings. The van der Waals surface area contributed by atoms with Gasteiger partial charge in [0.05, 0.1) is 6.07 Å². The Morgan fingerprint density at radius 3 is 2.29 bits per heavy atom. The molecule has 0 aliphatic rings. The van der Waals surface area contributed by atoms with Gasteiger partial charge in [0.2, 0.25) is 5.91 Å². The minimum absolute atomic E-state index is 0.0290. The molecule has 1 amide bonds. The second-order valence-electron chi connectivity index (χ2n) is 5.76. The highest BCUT2D eigenvalue weighted by molar-refractivity contribution is 5.85. The summed E-state index contributed by atoms with van der Waals surface area (Å²) in [6.07, 6.45) is 3.72. The Bertz CT molecular complexity index is 470. The zero-order chi connectivity index (χ0) is 15.7. The average Bonchev–Trinajstić information content (AvgIpc) is 2.47. The van der Waals surface area contributed by atoms with Crippen molar-refractivity contribution in [2.45, 2.75) is 58.9 Å². The molecule has 0 fully saturated rings. The van der Waals surface area contributed by atoms with Gasteiger partial charge in [0.1, 0.15) is 5.41 Å². The van der Waals surface area contributed by atoms with E-state index in [2.05, 4.69) is 23.5 Å². The second-order valence-corrected chi connectivity index (χ2v) is 5.76. The number of rotatable bonds is 8. The largest absolute Gasteiger partial charge is 0.352 e. The van der Waals surface area contributed by atoms with Gasteiger partial charge in [0.15, 0.2) is 0 Å². The first-order chi connectivity index (χ1) is 10.1. The summed E-state index contributed by atoms with van der Waals surface area (Å²) >= 11 is 0. The molecule has 1 unspecified atom stereocenters. The molecule has 0 saturated heterocycles. The molecular formula is C18H26N2O. The van der Waals surface area contributed by atoms with E-state index in [0.717, 1.165) is 19.3 Å². The fourth-order valence-corrected chi connectivity index (χ4v) is 2.75. The molecule has 0 spiro atoms. The standard InChI is InChI=1S/C18H26N2O/c1-4-11-18(14-19,12-5-2)17(21)20-15(3)13-16-9-7-6-8-10-16/h6-10,15H,4-5,11-13H2,1-3H3,(H,20,21). The minimum Gasteiger partial charge on any atom is -0.352 e. The van der Waals surface area contributed by atoms with E-state index in [4.69, 9.17) is 0 Å². The van der Waals surface area contributed by atoms with Crippen molar-refractivity contribution in [3.63, 3.8) is 0 Å². The molecule has 3 nitrogen and oxygen atoms in total. The van der Waals surface area contributed by atoms with Gasteiger partial charge >= 0.3 is 0 Å². The van der Waals surface area contributed by atoms with Crippen molar-refractivity contribution in [1.82, 2.24) is 5.32 Å². The molecule has 0 radical (unpaired) electrons. The maximum atomic E-state index is 12.5. The lowest BCUT2D eigenvalue weighted by molar-refractivity contribution is -0.129. The zero-order valence-corrected chi connectivity index (χ0v) is 13.4. The molecule has 0 aromatic heterocycles. The predicted octanol–water partition coefficient (Wildman–Crippen LogP) is 3.84. The molecule has 3 heteroatoms. The highest BCUT2D eigenvalue weighted by atomic mass is 16.2. The van der Waals surface area contributed by atoms with Gasteiger partial charge in [-0.15, -0.1) is 0 Å². The smallest absolute Gasteiger partial charge is 0.240 e. The Kier molecular flexibility index (Phi) is 6.94. The van der Waals surface area contributed by atoms with E-state index in [0.29, 0.717) is 12.8 Å². The van der Waals surface area contributed by atoms with Crippen molar-refractivity contribution in [3.8, 4) is 6.07 Å². The zero-order valence-electron chi connectivity index (χ0n) is 13.4. The Hall–Kier alpha value is -1.82. The van der Waals surface area contributed by atoms with Crippen LogP contribution in [-0.2, 0) is 11.2 Å². The summed E-state index contributed by atoms with van der Waals surface area (Å²) in [5, 5.41) is 12.5. The highest BCUT2D eigenvalue weighted by Gasteiger charge is 2.37. The maximum Gasteiger partial charge on any atom is 0.240 e. The van der Waals surface area contributed by atoms with Gasteiger partial charge in [-0.1, -0.05) is 57.0 Å². The third-order valence-corrected chi connectivity index (χ3v) is 3.76. The summed E-state index contributed by atoms with van der Waals surface area (Å²) in [7, 11) is 0.